The van der Waals surface area contributed by atoms with Crippen LogP contribution in [0.4, 0.5) is 11.4 Å². The predicted octanol–water partition coefficient (Wildman–Crippen LogP) is 4.65. The number of hydrogen-bond donors (Lipinski definition) is 2. The van der Waals surface area contributed by atoms with Crippen LogP contribution >= 0.6 is 0 Å². The summed E-state index contributed by atoms with van der Waals surface area (Å²) in [4.78, 5) is 27.9. The SMILES string of the molecule is CC(=O)c1ccc(Nc2cncc(C(=O)NCCC3=CCCCC3)c2)cc1. The number of amides is 1. The molecule has 0 saturated carbocycles. The quantitative estimate of drug-likeness (QED) is 0.555. The summed E-state index contributed by atoms with van der Waals surface area (Å²) in [6.07, 6.45) is 11.3. The van der Waals surface area contributed by atoms with Crippen LogP contribution in [-0.2, 0) is 0 Å². The minimum atomic E-state index is -0.116. The van der Waals surface area contributed by atoms with Crippen LogP contribution in [0, 0.1) is 0 Å². The Morgan fingerprint density at radius 2 is 1.85 bits per heavy atom. The normalized spacial score (nSPS) is 13.6. The van der Waals surface area contributed by atoms with Crippen molar-refractivity contribution in [3.8, 4) is 0 Å². The van der Waals surface area contributed by atoms with Crippen LogP contribution in [0.3, 0.4) is 0 Å². The second kappa shape index (κ2) is 9.12. The first-order chi connectivity index (χ1) is 13.1. The highest BCUT2D eigenvalue weighted by atomic mass is 16.1. The maximum Gasteiger partial charge on any atom is 0.252 e. The van der Waals surface area contributed by atoms with Crippen LogP contribution in [-0.4, -0.2) is 23.2 Å². The number of allylic oxidation sites excluding steroid dienone is 1. The van der Waals surface area contributed by atoms with E-state index in [0.29, 0.717) is 17.7 Å². The summed E-state index contributed by atoms with van der Waals surface area (Å²) in [7, 11) is 0. The molecule has 5 heteroatoms. The van der Waals surface area contributed by atoms with Gasteiger partial charge in [-0.2, -0.15) is 0 Å². The van der Waals surface area contributed by atoms with Crippen molar-refractivity contribution in [3.05, 3.63) is 65.5 Å². The number of ketones is 1. The van der Waals surface area contributed by atoms with Gasteiger partial charge in [0.2, 0.25) is 0 Å². The Bertz CT molecular complexity index is 841. The third-order valence-corrected chi connectivity index (χ3v) is 4.70. The second-order valence-electron chi connectivity index (χ2n) is 6.83. The first-order valence-electron chi connectivity index (χ1n) is 9.41. The van der Waals surface area contributed by atoms with Gasteiger partial charge in [-0.1, -0.05) is 11.6 Å². The number of pyridine rings is 1. The van der Waals surface area contributed by atoms with Crippen molar-refractivity contribution in [2.24, 2.45) is 0 Å². The van der Waals surface area contributed by atoms with E-state index in [2.05, 4.69) is 21.7 Å². The molecule has 1 heterocycles. The molecule has 0 aliphatic heterocycles. The van der Waals surface area contributed by atoms with Gasteiger partial charge in [0.1, 0.15) is 0 Å². The Morgan fingerprint density at radius 1 is 1.04 bits per heavy atom. The number of benzene rings is 1. The number of hydrogen-bond acceptors (Lipinski definition) is 4. The van der Waals surface area contributed by atoms with Gasteiger partial charge in [-0.25, -0.2) is 0 Å². The van der Waals surface area contributed by atoms with Gasteiger partial charge in [-0.15, -0.1) is 0 Å². The average Bonchev–Trinajstić information content (AvgIpc) is 2.69. The van der Waals surface area contributed by atoms with Crippen molar-refractivity contribution in [1.82, 2.24) is 10.3 Å². The minimum absolute atomic E-state index is 0.0332. The third-order valence-electron chi connectivity index (χ3n) is 4.70. The van der Waals surface area contributed by atoms with Gasteiger partial charge in [-0.05, 0) is 69.4 Å². The summed E-state index contributed by atoms with van der Waals surface area (Å²) < 4.78 is 0. The maximum absolute atomic E-state index is 12.4. The standard InChI is InChI=1S/C22H25N3O2/c1-16(26)18-7-9-20(10-8-18)25-21-13-19(14-23-15-21)22(27)24-12-11-17-5-3-2-4-6-17/h5,7-10,13-15,25H,2-4,6,11-12H2,1H3,(H,24,27). The lowest BCUT2D eigenvalue weighted by Gasteiger charge is -2.13. The highest BCUT2D eigenvalue weighted by molar-refractivity contribution is 5.95. The number of nitrogens with zero attached hydrogens (tertiary/aromatic N) is 1. The molecular formula is C22H25N3O2. The third kappa shape index (κ3) is 5.51. The van der Waals surface area contributed by atoms with Gasteiger partial charge in [0.25, 0.3) is 5.91 Å². The molecule has 0 atom stereocenters. The summed E-state index contributed by atoms with van der Waals surface area (Å²) in [6, 6.07) is 8.99. The smallest absolute Gasteiger partial charge is 0.252 e. The van der Waals surface area contributed by atoms with E-state index in [9.17, 15) is 9.59 Å². The average molecular weight is 363 g/mol. The zero-order valence-electron chi connectivity index (χ0n) is 15.6. The van der Waals surface area contributed by atoms with E-state index in [1.54, 1.807) is 37.5 Å². The molecule has 0 unspecified atom stereocenters. The molecule has 5 nitrogen and oxygen atoms in total. The van der Waals surface area contributed by atoms with Crippen LogP contribution in [0.5, 0.6) is 0 Å². The molecule has 0 fully saturated rings. The van der Waals surface area contributed by atoms with E-state index < -0.39 is 0 Å². The first kappa shape index (κ1) is 18.8. The van der Waals surface area contributed by atoms with Crippen LogP contribution < -0.4 is 10.6 Å². The second-order valence-corrected chi connectivity index (χ2v) is 6.83. The molecule has 1 aromatic carbocycles. The van der Waals surface area contributed by atoms with Crippen molar-refractivity contribution in [2.75, 3.05) is 11.9 Å². The van der Waals surface area contributed by atoms with Gasteiger partial charge in [-0.3, -0.25) is 14.6 Å². The van der Waals surface area contributed by atoms with Crippen LogP contribution in [0.1, 0.15) is 59.7 Å². The molecule has 0 spiro atoms. The summed E-state index contributed by atoms with van der Waals surface area (Å²) in [5, 5.41) is 6.18. The van der Waals surface area contributed by atoms with Crippen molar-refractivity contribution in [2.45, 2.75) is 39.0 Å². The van der Waals surface area contributed by atoms with Crippen molar-refractivity contribution >= 4 is 23.1 Å². The lowest BCUT2D eigenvalue weighted by molar-refractivity contribution is 0.0952. The van der Waals surface area contributed by atoms with E-state index in [0.717, 1.165) is 30.6 Å². The van der Waals surface area contributed by atoms with Gasteiger partial charge in [0, 0.05) is 24.0 Å². The van der Waals surface area contributed by atoms with Crippen molar-refractivity contribution < 1.29 is 9.59 Å². The summed E-state index contributed by atoms with van der Waals surface area (Å²) in [5.41, 5.74) is 4.21. The van der Waals surface area contributed by atoms with Gasteiger partial charge >= 0.3 is 0 Å². The van der Waals surface area contributed by atoms with E-state index >= 15 is 0 Å². The van der Waals surface area contributed by atoms with E-state index in [4.69, 9.17) is 0 Å². The fraction of sp³-hybridized carbons (Fsp3) is 0.318. The van der Waals surface area contributed by atoms with Gasteiger partial charge in [0.15, 0.2) is 5.78 Å². The molecule has 27 heavy (non-hydrogen) atoms. The summed E-state index contributed by atoms with van der Waals surface area (Å²) in [6.45, 7) is 2.19. The number of anilines is 2. The number of carbonyl (C=O) groups excluding carboxylic acids is 2. The molecule has 140 valence electrons. The Hall–Kier alpha value is -2.95. The fourth-order valence-electron chi connectivity index (χ4n) is 3.16. The number of nitrogens with one attached hydrogen (secondary N) is 2. The highest BCUT2D eigenvalue weighted by Crippen LogP contribution is 2.20. The zero-order chi connectivity index (χ0) is 19.1. The molecule has 2 N–H and O–H groups in total. The Morgan fingerprint density at radius 3 is 2.56 bits per heavy atom. The molecule has 1 amide bonds. The van der Waals surface area contributed by atoms with Crippen molar-refractivity contribution in [1.29, 1.82) is 0 Å². The monoisotopic (exact) mass is 363 g/mol. The Labute approximate surface area is 159 Å². The number of carbonyl (C=O) groups is 2. The Kier molecular flexibility index (Phi) is 6.36. The van der Waals surface area contributed by atoms with Crippen molar-refractivity contribution in [3.63, 3.8) is 0 Å². The summed E-state index contributed by atoms with van der Waals surface area (Å²) in [5.74, 6) is -0.0830. The summed E-state index contributed by atoms with van der Waals surface area (Å²) >= 11 is 0. The molecular weight excluding hydrogens is 338 g/mol. The highest BCUT2D eigenvalue weighted by Gasteiger charge is 2.09. The van der Waals surface area contributed by atoms with Gasteiger partial charge in [0.05, 0.1) is 17.4 Å². The number of rotatable bonds is 7. The number of aromatic nitrogens is 1. The maximum atomic E-state index is 12.4. The minimum Gasteiger partial charge on any atom is -0.354 e. The fourth-order valence-corrected chi connectivity index (χ4v) is 3.16. The zero-order valence-corrected chi connectivity index (χ0v) is 15.6. The topological polar surface area (TPSA) is 71.1 Å². The molecule has 0 bridgehead atoms. The lowest BCUT2D eigenvalue weighted by atomic mass is 9.97. The molecule has 1 aromatic heterocycles. The largest absolute Gasteiger partial charge is 0.354 e. The van der Waals surface area contributed by atoms with Crippen LogP contribution in [0.15, 0.2) is 54.4 Å². The van der Waals surface area contributed by atoms with Crippen LogP contribution in [0.2, 0.25) is 0 Å². The molecule has 3 rings (SSSR count). The molecule has 0 saturated heterocycles. The lowest BCUT2D eigenvalue weighted by Crippen LogP contribution is -2.25. The predicted molar refractivity (Wildman–Crippen MR) is 107 cm³/mol. The molecule has 1 aliphatic carbocycles. The molecule has 1 aliphatic rings. The van der Waals surface area contributed by atoms with E-state index in [-0.39, 0.29) is 11.7 Å². The van der Waals surface area contributed by atoms with E-state index in [1.807, 2.05) is 12.1 Å². The number of Topliss-reactive ketones (excluding diaryl/α,β-unsaturated/α-hetero) is 1. The van der Waals surface area contributed by atoms with Gasteiger partial charge < -0.3 is 10.6 Å². The van der Waals surface area contributed by atoms with E-state index in [1.165, 1.54) is 18.4 Å². The molecule has 2 aromatic rings. The van der Waals surface area contributed by atoms with Crippen LogP contribution in [0.25, 0.3) is 0 Å². The Balaban J connectivity index is 1.56. The first-order valence-corrected chi connectivity index (χ1v) is 9.41. The molecule has 0 radical (unpaired) electrons.